The van der Waals surface area contributed by atoms with Crippen molar-refractivity contribution in [2.24, 2.45) is 0 Å². The lowest BCUT2D eigenvalue weighted by atomic mass is 9.95. The Morgan fingerprint density at radius 3 is 2.41 bits per heavy atom. The van der Waals surface area contributed by atoms with E-state index in [1.807, 2.05) is 26.0 Å². The summed E-state index contributed by atoms with van der Waals surface area (Å²) in [5.41, 5.74) is 1.12. The molecular weight excluding hydrogens is 410 g/mol. The average Bonchev–Trinajstić information content (AvgIpc) is 3.06. The minimum absolute atomic E-state index is 0.0346. The van der Waals surface area contributed by atoms with Crippen molar-refractivity contribution in [3.8, 4) is 11.5 Å². The lowest BCUT2D eigenvalue weighted by Crippen LogP contribution is -2.32. The summed E-state index contributed by atoms with van der Waals surface area (Å²) in [7, 11) is 1.53. The van der Waals surface area contributed by atoms with Gasteiger partial charge in [0.2, 0.25) is 0 Å². The first-order valence-electron chi connectivity index (χ1n) is 10.7. The third-order valence-electron chi connectivity index (χ3n) is 5.14. The summed E-state index contributed by atoms with van der Waals surface area (Å²) < 4.78 is 16.4. The standard InChI is InChI=1S/C25H29NO6/c1-4-13-32-20-11-7-9-18(16-20)23(27)21-22(17-8-6-10-19(15-17)31-5-2)26(12-14-30-3)25(29)24(21)28/h6-11,15-16,22,27H,4-5,12-14H2,1-3H3/b23-21-. The average molecular weight is 440 g/mol. The quantitative estimate of drug-likeness (QED) is 0.343. The van der Waals surface area contributed by atoms with E-state index in [1.54, 1.807) is 36.4 Å². The van der Waals surface area contributed by atoms with Crippen molar-refractivity contribution in [3.05, 3.63) is 65.2 Å². The summed E-state index contributed by atoms with van der Waals surface area (Å²) in [6.07, 6.45) is 0.844. The summed E-state index contributed by atoms with van der Waals surface area (Å²) in [6.45, 7) is 5.37. The number of likely N-dealkylation sites (tertiary alicyclic amines) is 1. The van der Waals surface area contributed by atoms with Gasteiger partial charge in [0.15, 0.2) is 0 Å². The van der Waals surface area contributed by atoms with Crippen LogP contribution >= 0.6 is 0 Å². The third-order valence-corrected chi connectivity index (χ3v) is 5.14. The Labute approximate surface area is 188 Å². The van der Waals surface area contributed by atoms with Gasteiger partial charge in [0.25, 0.3) is 11.7 Å². The van der Waals surface area contributed by atoms with Gasteiger partial charge in [-0.05, 0) is 43.2 Å². The summed E-state index contributed by atoms with van der Waals surface area (Å²) in [5.74, 6) is -0.437. The lowest BCUT2D eigenvalue weighted by Gasteiger charge is -2.25. The number of hydrogen-bond acceptors (Lipinski definition) is 6. The highest BCUT2D eigenvalue weighted by Crippen LogP contribution is 2.40. The second kappa shape index (κ2) is 10.8. The fraction of sp³-hybridized carbons (Fsp3) is 0.360. The molecule has 1 N–H and O–H groups in total. The summed E-state index contributed by atoms with van der Waals surface area (Å²) in [4.78, 5) is 27.3. The molecule has 2 aromatic carbocycles. The van der Waals surface area contributed by atoms with Crippen LogP contribution in [0.15, 0.2) is 54.1 Å². The van der Waals surface area contributed by atoms with E-state index in [2.05, 4.69) is 0 Å². The maximum absolute atomic E-state index is 13.0. The van der Waals surface area contributed by atoms with Gasteiger partial charge in [-0.15, -0.1) is 0 Å². The van der Waals surface area contributed by atoms with Crippen molar-refractivity contribution in [3.63, 3.8) is 0 Å². The third kappa shape index (κ3) is 4.94. The molecule has 3 rings (SSSR count). The fourth-order valence-electron chi connectivity index (χ4n) is 3.70. The summed E-state index contributed by atoms with van der Waals surface area (Å²) in [5, 5.41) is 11.2. The van der Waals surface area contributed by atoms with E-state index in [9.17, 15) is 14.7 Å². The van der Waals surface area contributed by atoms with Crippen molar-refractivity contribution >= 4 is 17.4 Å². The number of methoxy groups -OCH3 is 1. The number of rotatable bonds is 10. The van der Waals surface area contributed by atoms with Gasteiger partial charge in [-0.25, -0.2) is 0 Å². The van der Waals surface area contributed by atoms with Gasteiger partial charge in [-0.3, -0.25) is 9.59 Å². The molecule has 0 radical (unpaired) electrons. The molecule has 2 aromatic rings. The van der Waals surface area contributed by atoms with Crippen LogP contribution < -0.4 is 9.47 Å². The highest BCUT2D eigenvalue weighted by Gasteiger charge is 2.46. The van der Waals surface area contributed by atoms with Gasteiger partial charge in [0.05, 0.1) is 31.4 Å². The van der Waals surface area contributed by atoms with E-state index >= 15 is 0 Å². The Morgan fingerprint density at radius 2 is 1.72 bits per heavy atom. The van der Waals surface area contributed by atoms with Crippen LogP contribution in [0.4, 0.5) is 0 Å². The van der Waals surface area contributed by atoms with Crippen LogP contribution in [0.5, 0.6) is 11.5 Å². The molecular formula is C25H29NO6. The molecule has 1 heterocycles. The monoisotopic (exact) mass is 439 g/mol. The first kappa shape index (κ1) is 23.3. The van der Waals surface area contributed by atoms with E-state index in [4.69, 9.17) is 14.2 Å². The first-order valence-corrected chi connectivity index (χ1v) is 10.7. The maximum Gasteiger partial charge on any atom is 0.295 e. The molecule has 1 amide bonds. The van der Waals surface area contributed by atoms with Gasteiger partial charge in [-0.2, -0.15) is 0 Å². The van der Waals surface area contributed by atoms with E-state index in [-0.39, 0.29) is 24.5 Å². The number of aliphatic hydroxyl groups excluding tert-OH is 1. The van der Waals surface area contributed by atoms with Crippen LogP contribution in [0.2, 0.25) is 0 Å². The van der Waals surface area contributed by atoms with E-state index < -0.39 is 17.7 Å². The van der Waals surface area contributed by atoms with Crippen LogP contribution in [0.1, 0.15) is 37.4 Å². The molecule has 7 heteroatoms. The van der Waals surface area contributed by atoms with Crippen LogP contribution in [-0.4, -0.2) is 55.2 Å². The van der Waals surface area contributed by atoms with E-state index in [1.165, 1.54) is 12.0 Å². The fourth-order valence-corrected chi connectivity index (χ4v) is 3.70. The number of ketones is 1. The largest absolute Gasteiger partial charge is 0.507 e. The normalized spacial score (nSPS) is 17.6. The SMILES string of the molecule is CCCOc1cccc(/C(O)=C2/C(=O)C(=O)N(CCOC)C2c2cccc(OCC)c2)c1. The van der Waals surface area contributed by atoms with E-state index in [0.29, 0.717) is 35.8 Å². The van der Waals surface area contributed by atoms with Gasteiger partial charge in [0.1, 0.15) is 17.3 Å². The predicted molar refractivity (Wildman–Crippen MR) is 121 cm³/mol. The smallest absolute Gasteiger partial charge is 0.295 e. The zero-order chi connectivity index (χ0) is 23.1. The number of carbonyl (C=O) groups is 2. The lowest BCUT2D eigenvalue weighted by molar-refractivity contribution is -0.140. The van der Waals surface area contributed by atoms with Crippen LogP contribution in [-0.2, 0) is 14.3 Å². The van der Waals surface area contributed by atoms with Crippen LogP contribution in [0.25, 0.3) is 5.76 Å². The Morgan fingerprint density at radius 1 is 1.00 bits per heavy atom. The Kier molecular flexibility index (Phi) is 7.89. The van der Waals surface area contributed by atoms with Gasteiger partial charge < -0.3 is 24.2 Å². The van der Waals surface area contributed by atoms with Gasteiger partial charge in [0, 0.05) is 19.2 Å². The second-order valence-corrected chi connectivity index (χ2v) is 7.37. The molecule has 1 saturated heterocycles. The zero-order valence-corrected chi connectivity index (χ0v) is 18.7. The molecule has 0 saturated carbocycles. The van der Waals surface area contributed by atoms with Crippen molar-refractivity contribution < 1.29 is 28.9 Å². The molecule has 7 nitrogen and oxygen atoms in total. The van der Waals surface area contributed by atoms with Gasteiger partial charge in [-0.1, -0.05) is 31.2 Å². The van der Waals surface area contributed by atoms with Crippen LogP contribution in [0.3, 0.4) is 0 Å². The predicted octanol–water partition coefficient (Wildman–Crippen LogP) is 3.94. The minimum Gasteiger partial charge on any atom is -0.507 e. The molecule has 1 atom stereocenters. The van der Waals surface area contributed by atoms with Crippen molar-refractivity contribution in [2.45, 2.75) is 26.3 Å². The Balaban J connectivity index is 2.11. The molecule has 1 aliphatic heterocycles. The molecule has 1 aliphatic rings. The molecule has 0 bridgehead atoms. The van der Waals surface area contributed by atoms with Crippen molar-refractivity contribution in [2.75, 3.05) is 33.5 Å². The second-order valence-electron chi connectivity index (χ2n) is 7.37. The number of benzene rings is 2. The van der Waals surface area contributed by atoms with Crippen LogP contribution in [0, 0.1) is 0 Å². The van der Waals surface area contributed by atoms with Crippen molar-refractivity contribution in [1.82, 2.24) is 4.90 Å². The molecule has 0 spiro atoms. The number of carbonyl (C=O) groups excluding carboxylic acids is 2. The number of aliphatic hydroxyl groups is 1. The summed E-state index contributed by atoms with van der Waals surface area (Å²) in [6, 6.07) is 13.3. The summed E-state index contributed by atoms with van der Waals surface area (Å²) >= 11 is 0. The topological polar surface area (TPSA) is 85.3 Å². The van der Waals surface area contributed by atoms with E-state index in [0.717, 1.165) is 6.42 Å². The van der Waals surface area contributed by atoms with Crippen molar-refractivity contribution in [1.29, 1.82) is 0 Å². The minimum atomic E-state index is -0.759. The number of hydrogen-bond donors (Lipinski definition) is 1. The Bertz CT molecular complexity index is 999. The molecule has 0 aromatic heterocycles. The Hall–Kier alpha value is -3.32. The zero-order valence-electron chi connectivity index (χ0n) is 18.7. The van der Waals surface area contributed by atoms with Gasteiger partial charge >= 0.3 is 0 Å². The molecule has 0 aliphatic carbocycles. The number of nitrogens with zero attached hydrogens (tertiary/aromatic N) is 1. The molecule has 32 heavy (non-hydrogen) atoms. The first-order chi connectivity index (χ1) is 15.5. The number of Topliss-reactive ketones (excluding diaryl/α,β-unsaturated/α-hetero) is 1. The molecule has 1 unspecified atom stereocenters. The highest BCUT2D eigenvalue weighted by atomic mass is 16.5. The number of amides is 1. The molecule has 170 valence electrons. The number of ether oxygens (including phenoxy) is 3. The maximum atomic E-state index is 13.0. The molecule has 1 fully saturated rings. The highest BCUT2D eigenvalue weighted by molar-refractivity contribution is 6.46.